The second kappa shape index (κ2) is 6.43. The number of aromatic nitrogens is 1. The van der Waals surface area contributed by atoms with E-state index in [4.69, 9.17) is 10.5 Å². The van der Waals surface area contributed by atoms with E-state index in [0.29, 0.717) is 30.7 Å². The van der Waals surface area contributed by atoms with Gasteiger partial charge in [-0.05, 0) is 38.5 Å². The molecule has 0 unspecified atom stereocenters. The molecule has 0 spiro atoms. The van der Waals surface area contributed by atoms with Crippen LogP contribution < -0.4 is 11.3 Å². The minimum Gasteiger partial charge on any atom is -0.443 e. The topological polar surface area (TPSA) is 77.6 Å². The van der Waals surface area contributed by atoms with Gasteiger partial charge in [-0.1, -0.05) is 13.0 Å². The average molecular weight is 343 g/mol. The number of nitrogens with zero attached hydrogens (tertiary/aromatic N) is 2. The number of nitrogens with two attached hydrogens (primary N) is 1. The van der Waals surface area contributed by atoms with Crippen LogP contribution in [-0.4, -0.2) is 34.3 Å². The smallest absolute Gasteiger partial charge is 0.410 e. The van der Waals surface area contributed by atoms with Crippen LogP contribution in [0.25, 0.3) is 10.8 Å². The number of anilines is 1. The summed E-state index contributed by atoms with van der Waals surface area (Å²) in [5.41, 5.74) is 6.04. The molecule has 1 fully saturated rings. The number of benzene rings is 1. The van der Waals surface area contributed by atoms with E-state index in [-0.39, 0.29) is 17.6 Å². The monoisotopic (exact) mass is 343 g/mol. The molecule has 1 aliphatic rings. The Morgan fingerprint density at radius 3 is 2.68 bits per heavy atom. The molecule has 6 nitrogen and oxygen atoms in total. The van der Waals surface area contributed by atoms with Gasteiger partial charge >= 0.3 is 6.09 Å². The van der Waals surface area contributed by atoms with Gasteiger partial charge in [0.05, 0.1) is 0 Å². The molecule has 3 rings (SSSR count). The first-order valence-corrected chi connectivity index (χ1v) is 8.66. The van der Waals surface area contributed by atoms with Crippen LogP contribution in [0.4, 0.5) is 10.5 Å². The lowest BCUT2D eigenvalue weighted by Gasteiger charge is -2.40. The molecule has 134 valence electrons. The number of carbonyl (C=O) groups is 1. The Labute approximate surface area is 147 Å². The molecule has 6 heteroatoms. The molecule has 0 atom stereocenters. The Morgan fingerprint density at radius 1 is 1.28 bits per heavy atom. The van der Waals surface area contributed by atoms with Crippen molar-refractivity contribution in [2.45, 2.75) is 39.3 Å². The molecule has 2 heterocycles. The normalized spacial score (nSPS) is 15.2. The largest absolute Gasteiger partial charge is 0.443 e. The van der Waals surface area contributed by atoms with Gasteiger partial charge in [0.1, 0.15) is 5.60 Å². The van der Waals surface area contributed by atoms with Crippen molar-refractivity contribution in [2.75, 3.05) is 18.8 Å². The summed E-state index contributed by atoms with van der Waals surface area (Å²) in [6, 6.07) is 7.25. The van der Waals surface area contributed by atoms with E-state index in [1.807, 2.05) is 26.8 Å². The highest BCUT2D eigenvalue weighted by molar-refractivity contribution is 5.91. The minimum absolute atomic E-state index is 0.0436. The lowest BCUT2D eigenvalue weighted by molar-refractivity contribution is -0.0134. The van der Waals surface area contributed by atoms with Crippen molar-refractivity contribution in [1.29, 1.82) is 0 Å². The fourth-order valence-electron chi connectivity index (χ4n) is 2.97. The van der Waals surface area contributed by atoms with Crippen molar-refractivity contribution in [1.82, 2.24) is 9.47 Å². The summed E-state index contributed by atoms with van der Waals surface area (Å²) < 4.78 is 7.19. The van der Waals surface area contributed by atoms with Crippen molar-refractivity contribution in [3.8, 4) is 0 Å². The first-order valence-electron chi connectivity index (χ1n) is 8.66. The summed E-state index contributed by atoms with van der Waals surface area (Å²) in [6.45, 7) is 7.61. The maximum Gasteiger partial charge on any atom is 0.410 e. The van der Waals surface area contributed by atoms with Crippen molar-refractivity contribution in [3.05, 3.63) is 40.8 Å². The van der Waals surface area contributed by atoms with Gasteiger partial charge in [-0.2, -0.15) is 0 Å². The molecule has 1 aliphatic heterocycles. The number of ether oxygens (including phenoxy) is 1. The van der Waals surface area contributed by atoms with Crippen LogP contribution in [0.2, 0.25) is 0 Å². The molecular formula is C19H25N3O3. The minimum atomic E-state index is -0.447. The van der Waals surface area contributed by atoms with Gasteiger partial charge in [0.2, 0.25) is 0 Å². The summed E-state index contributed by atoms with van der Waals surface area (Å²) >= 11 is 0. The first kappa shape index (κ1) is 17.3. The van der Waals surface area contributed by atoms with Crippen LogP contribution in [0.3, 0.4) is 0 Å². The van der Waals surface area contributed by atoms with Crippen molar-refractivity contribution in [2.24, 2.45) is 5.92 Å². The quantitative estimate of drug-likeness (QED) is 0.866. The van der Waals surface area contributed by atoms with Gasteiger partial charge in [-0.3, -0.25) is 4.79 Å². The molecule has 0 saturated carbocycles. The van der Waals surface area contributed by atoms with Gasteiger partial charge in [0.25, 0.3) is 5.56 Å². The maximum absolute atomic E-state index is 12.6. The van der Waals surface area contributed by atoms with E-state index in [0.717, 1.165) is 11.8 Å². The second-order valence-corrected chi connectivity index (χ2v) is 7.33. The fraction of sp³-hybridized carbons (Fsp3) is 0.474. The number of hydrogen-bond donors (Lipinski definition) is 1. The summed E-state index contributed by atoms with van der Waals surface area (Å²) in [5.74, 6) is 0.258. The predicted octanol–water partition coefficient (Wildman–Crippen LogP) is 2.84. The molecule has 1 aromatic heterocycles. The van der Waals surface area contributed by atoms with E-state index in [1.165, 1.54) is 0 Å². The van der Waals surface area contributed by atoms with Gasteiger partial charge in [-0.15, -0.1) is 0 Å². The van der Waals surface area contributed by atoms with Crippen molar-refractivity contribution < 1.29 is 9.53 Å². The van der Waals surface area contributed by atoms with Gasteiger partial charge < -0.3 is 19.9 Å². The summed E-state index contributed by atoms with van der Waals surface area (Å²) in [4.78, 5) is 26.4. The molecule has 1 aromatic carbocycles. The zero-order valence-electron chi connectivity index (χ0n) is 15.0. The van der Waals surface area contributed by atoms with Crippen LogP contribution in [-0.2, 0) is 11.3 Å². The second-order valence-electron chi connectivity index (χ2n) is 7.33. The van der Waals surface area contributed by atoms with E-state index in [1.54, 1.807) is 33.9 Å². The SMILES string of the molecule is CCC(C)(C)OC(=O)N1CC(Cn2ccc3c(N)cccc3c2=O)C1. The molecular weight excluding hydrogens is 318 g/mol. The number of carbonyl (C=O) groups excluding carboxylic acids is 1. The highest BCUT2D eigenvalue weighted by atomic mass is 16.6. The van der Waals surface area contributed by atoms with Crippen LogP contribution in [0, 0.1) is 5.92 Å². The third-order valence-corrected chi connectivity index (χ3v) is 4.94. The van der Waals surface area contributed by atoms with E-state index >= 15 is 0 Å². The van der Waals surface area contributed by atoms with Gasteiger partial charge in [0, 0.05) is 48.2 Å². The van der Waals surface area contributed by atoms with Crippen molar-refractivity contribution in [3.63, 3.8) is 0 Å². The molecule has 0 bridgehead atoms. The number of amides is 1. The number of pyridine rings is 1. The zero-order valence-corrected chi connectivity index (χ0v) is 15.0. The van der Waals surface area contributed by atoms with E-state index in [9.17, 15) is 9.59 Å². The molecule has 0 aliphatic carbocycles. The summed E-state index contributed by atoms with van der Waals surface area (Å²) in [5, 5.41) is 1.41. The van der Waals surface area contributed by atoms with Crippen LogP contribution in [0.5, 0.6) is 0 Å². The summed E-state index contributed by atoms with van der Waals surface area (Å²) in [7, 11) is 0. The number of hydrogen-bond acceptors (Lipinski definition) is 4. The molecule has 0 radical (unpaired) electrons. The standard InChI is InChI=1S/C19H25N3O3/c1-4-19(2,3)25-18(24)22-11-13(12-22)10-21-9-8-14-15(17(21)23)6-5-7-16(14)20/h5-9,13H,4,10-12,20H2,1-3H3. The molecule has 25 heavy (non-hydrogen) atoms. The lowest BCUT2D eigenvalue weighted by atomic mass is 10.0. The Morgan fingerprint density at radius 2 is 2.00 bits per heavy atom. The Hall–Kier alpha value is -2.50. The fourth-order valence-corrected chi connectivity index (χ4v) is 2.97. The number of fused-ring (bicyclic) bond motifs is 1. The van der Waals surface area contributed by atoms with Crippen LogP contribution >= 0.6 is 0 Å². The van der Waals surface area contributed by atoms with Crippen molar-refractivity contribution >= 4 is 22.6 Å². The first-order chi connectivity index (χ1) is 11.8. The van der Waals surface area contributed by atoms with Gasteiger partial charge in [-0.25, -0.2) is 4.79 Å². The molecule has 2 aromatic rings. The Bertz CT molecular complexity index is 851. The average Bonchev–Trinajstić information content (AvgIpc) is 2.52. The zero-order chi connectivity index (χ0) is 18.2. The predicted molar refractivity (Wildman–Crippen MR) is 98.5 cm³/mol. The highest BCUT2D eigenvalue weighted by Gasteiger charge is 2.34. The maximum atomic E-state index is 12.6. The van der Waals surface area contributed by atoms with E-state index < -0.39 is 5.60 Å². The third-order valence-electron chi connectivity index (χ3n) is 4.94. The highest BCUT2D eigenvalue weighted by Crippen LogP contribution is 2.23. The third kappa shape index (κ3) is 3.48. The Kier molecular flexibility index (Phi) is 4.45. The lowest BCUT2D eigenvalue weighted by Crippen LogP contribution is -2.53. The summed E-state index contributed by atoms with van der Waals surface area (Å²) in [6.07, 6.45) is 2.27. The molecule has 1 amide bonds. The van der Waals surface area contributed by atoms with Crippen LogP contribution in [0.1, 0.15) is 27.2 Å². The number of likely N-dealkylation sites (tertiary alicyclic amines) is 1. The molecule has 2 N–H and O–H groups in total. The van der Waals surface area contributed by atoms with E-state index in [2.05, 4.69) is 0 Å². The number of nitrogen functional groups attached to an aromatic ring is 1. The number of rotatable bonds is 4. The van der Waals surface area contributed by atoms with Crippen LogP contribution in [0.15, 0.2) is 35.3 Å². The van der Waals surface area contributed by atoms with Gasteiger partial charge in [0.15, 0.2) is 0 Å². The molecule has 1 saturated heterocycles. The Balaban J connectivity index is 1.64.